The van der Waals surface area contributed by atoms with Gasteiger partial charge in [0, 0.05) is 26.2 Å². The fourth-order valence-corrected chi connectivity index (χ4v) is 2.67. The van der Waals surface area contributed by atoms with Gasteiger partial charge in [0.05, 0.1) is 6.10 Å². The van der Waals surface area contributed by atoms with Crippen molar-refractivity contribution in [3.63, 3.8) is 0 Å². The van der Waals surface area contributed by atoms with Crippen LogP contribution in [-0.2, 0) is 4.74 Å². The topological polar surface area (TPSA) is 24.5 Å². The van der Waals surface area contributed by atoms with Crippen molar-refractivity contribution in [3.05, 3.63) is 0 Å². The number of piperidine rings is 1. The molecule has 0 aromatic heterocycles. The molecule has 0 aromatic carbocycles. The third-order valence-corrected chi connectivity index (χ3v) is 3.17. The van der Waals surface area contributed by atoms with E-state index in [4.69, 9.17) is 4.74 Å². The lowest BCUT2D eigenvalue weighted by atomic mass is 9.91. The van der Waals surface area contributed by atoms with Crippen LogP contribution in [0.3, 0.4) is 0 Å². The molecule has 1 rings (SSSR count). The van der Waals surface area contributed by atoms with Gasteiger partial charge in [0.2, 0.25) is 0 Å². The first-order valence-electron chi connectivity index (χ1n) is 6.56. The fraction of sp³-hybridized carbons (Fsp3) is 1.00. The Balaban J connectivity index is 2.36. The number of nitrogens with zero attached hydrogens (tertiary/aromatic N) is 1. The molecule has 0 aliphatic carbocycles. The first kappa shape index (κ1) is 13.9. The summed E-state index contributed by atoms with van der Waals surface area (Å²) in [6.45, 7) is 12.2. The van der Waals surface area contributed by atoms with E-state index in [2.05, 4.69) is 31.0 Å². The molecular formula is C13H28N2O. The van der Waals surface area contributed by atoms with Crippen LogP contribution in [0.2, 0.25) is 0 Å². The van der Waals surface area contributed by atoms with Gasteiger partial charge in [-0.15, -0.1) is 0 Å². The van der Waals surface area contributed by atoms with Gasteiger partial charge in [-0.25, -0.2) is 0 Å². The van der Waals surface area contributed by atoms with Crippen molar-refractivity contribution in [2.45, 2.75) is 39.7 Å². The van der Waals surface area contributed by atoms with Crippen LogP contribution in [0.15, 0.2) is 0 Å². The second-order valence-corrected chi connectivity index (χ2v) is 5.65. The molecule has 0 amide bonds. The third-order valence-electron chi connectivity index (χ3n) is 3.17. The van der Waals surface area contributed by atoms with E-state index >= 15 is 0 Å². The van der Waals surface area contributed by atoms with E-state index < -0.39 is 0 Å². The molecule has 0 bridgehead atoms. The van der Waals surface area contributed by atoms with Crippen molar-refractivity contribution < 1.29 is 4.74 Å². The number of hydrogen-bond donors (Lipinski definition) is 1. The van der Waals surface area contributed by atoms with Gasteiger partial charge in [-0.1, -0.05) is 13.8 Å². The molecule has 0 aromatic rings. The Bertz CT molecular complexity index is 192. The molecule has 1 aliphatic heterocycles. The molecule has 1 heterocycles. The zero-order valence-corrected chi connectivity index (χ0v) is 11.4. The minimum absolute atomic E-state index is 0.350. The molecule has 0 spiro atoms. The van der Waals surface area contributed by atoms with Crippen LogP contribution in [0.1, 0.15) is 33.6 Å². The van der Waals surface area contributed by atoms with Crippen molar-refractivity contribution in [1.82, 2.24) is 10.2 Å². The number of nitrogens with one attached hydrogen (secondary N) is 1. The molecular weight excluding hydrogens is 200 g/mol. The molecule has 1 N–H and O–H groups in total. The smallest absolute Gasteiger partial charge is 0.0702 e. The number of likely N-dealkylation sites (tertiary alicyclic amines) is 1. The van der Waals surface area contributed by atoms with Crippen molar-refractivity contribution in [2.75, 3.05) is 39.8 Å². The number of ether oxygens (including phenoxy) is 1. The Morgan fingerprint density at radius 3 is 2.81 bits per heavy atom. The molecule has 16 heavy (non-hydrogen) atoms. The van der Waals surface area contributed by atoms with Gasteiger partial charge in [0.15, 0.2) is 0 Å². The minimum Gasteiger partial charge on any atom is -0.377 e. The molecule has 1 aliphatic rings. The van der Waals surface area contributed by atoms with E-state index in [0.717, 1.165) is 26.2 Å². The van der Waals surface area contributed by atoms with Gasteiger partial charge in [-0.05, 0) is 38.8 Å². The maximum atomic E-state index is 5.73. The Hall–Kier alpha value is -0.120. The molecule has 1 atom stereocenters. The SMILES string of the molecule is CCOC1CCCN(CC(C)(C)CNC)C1. The maximum absolute atomic E-state index is 5.73. The zero-order chi connectivity index (χ0) is 12.0. The second kappa shape index (κ2) is 6.58. The highest BCUT2D eigenvalue weighted by Crippen LogP contribution is 2.20. The Labute approximate surface area is 101 Å². The summed E-state index contributed by atoms with van der Waals surface area (Å²) < 4.78 is 5.73. The average Bonchev–Trinajstić information content (AvgIpc) is 2.17. The maximum Gasteiger partial charge on any atom is 0.0702 e. The fourth-order valence-electron chi connectivity index (χ4n) is 2.67. The van der Waals surface area contributed by atoms with E-state index in [-0.39, 0.29) is 0 Å². The minimum atomic E-state index is 0.350. The molecule has 0 radical (unpaired) electrons. The number of rotatable bonds is 6. The highest BCUT2D eigenvalue weighted by molar-refractivity contribution is 4.80. The lowest BCUT2D eigenvalue weighted by Crippen LogP contribution is -2.46. The summed E-state index contributed by atoms with van der Waals surface area (Å²) in [5, 5.41) is 3.28. The van der Waals surface area contributed by atoms with Crippen LogP contribution in [0.5, 0.6) is 0 Å². The largest absolute Gasteiger partial charge is 0.377 e. The quantitative estimate of drug-likeness (QED) is 0.749. The Morgan fingerprint density at radius 2 is 2.19 bits per heavy atom. The lowest BCUT2D eigenvalue weighted by molar-refractivity contribution is -0.00346. The number of hydrogen-bond acceptors (Lipinski definition) is 3. The summed E-state index contributed by atoms with van der Waals surface area (Å²) in [6.07, 6.45) is 2.97. The first-order valence-corrected chi connectivity index (χ1v) is 6.56. The normalized spacial score (nSPS) is 23.6. The van der Waals surface area contributed by atoms with Crippen LogP contribution in [0.25, 0.3) is 0 Å². The van der Waals surface area contributed by atoms with Crippen molar-refractivity contribution in [1.29, 1.82) is 0 Å². The van der Waals surface area contributed by atoms with Crippen LogP contribution in [0, 0.1) is 5.41 Å². The monoisotopic (exact) mass is 228 g/mol. The molecule has 1 saturated heterocycles. The third kappa shape index (κ3) is 4.81. The Kier molecular flexibility index (Phi) is 5.73. The molecule has 0 saturated carbocycles. The summed E-state index contributed by atoms with van der Waals surface area (Å²) >= 11 is 0. The van der Waals surface area contributed by atoms with Crippen LogP contribution < -0.4 is 5.32 Å². The van der Waals surface area contributed by atoms with Gasteiger partial charge in [0.1, 0.15) is 0 Å². The molecule has 3 nitrogen and oxygen atoms in total. The van der Waals surface area contributed by atoms with Crippen LogP contribution in [-0.4, -0.2) is 50.8 Å². The molecule has 96 valence electrons. The van der Waals surface area contributed by atoms with E-state index in [9.17, 15) is 0 Å². The van der Waals surface area contributed by atoms with E-state index in [1.165, 1.54) is 19.4 Å². The zero-order valence-electron chi connectivity index (χ0n) is 11.4. The van der Waals surface area contributed by atoms with E-state index in [0.29, 0.717) is 11.5 Å². The first-order chi connectivity index (χ1) is 7.57. The molecule has 1 unspecified atom stereocenters. The standard InChI is InChI=1S/C13H28N2O/c1-5-16-12-7-6-8-15(9-12)11-13(2,3)10-14-4/h12,14H,5-11H2,1-4H3. The predicted molar refractivity (Wildman–Crippen MR) is 68.8 cm³/mol. The summed E-state index contributed by atoms with van der Waals surface area (Å²) in [4.78, 5) is 2.56. The summed E-state index contributed by atoms with van der Waals surface area (Å²) in [7, 11) is 2.03. The highest BCUT2D eigenvalue weighted by atomic mass is 16.5. The van der Waals surface area contributed by atoms with E-state index in [1.807, 2.05) is 7.05 Å². The van der Waals surface area contributed by atoms with Crippen molar-refractivity contribution in [3.8, 4) is 0 Å². The Morgan fingerprint density at radius 1 is 1.44 bits per heavy atom. The summed E-state index contributed by atoms with van der Waals surface area (Å²) in [5.74, 6) is 0. The van der Waals surface area contributed by atoms with Gasteiger partial charge in [-0.2, -0.15) is 0 Å². The second-order valence-electron chi connectivity index (χ2n) is 5.65. The average molecular weight is 228 g/mol. The van der Waals surface area contributed by atoms with Crippen LogP contribution >= 0.6 is 0 Å². The van der Waals surface area contributed by atoms with Gasteiger partial charge in [-0.3, -0.25) is 0 Å². The van der Waals surface area contributed by atoms with E-state index in [1.54, 1.807) is 0 Å². The van der Waals surface area contributed by atoms with Gasteiger partial charge >= 0.3 is 0 Å². The summed E-state index contributed by atoms with van der Waals surface area (Å²) in [5.41, 5.74) is 0.350. The summed E-state index contributed by atoms with van der Waals surface area (Å²) in [6, 6.07) is 0. The van der Waals surface area contributed by atoms with Gasteiger partial charge in [0.25, 0.3) is 0 Å². The highest BCUT2D eigenvalue weighted by Gasteiger charge is 2.25. The van der Waals surface area contributed by atoms with Gasteiger partial charge < -0.3 is 15.0 Å². The van der Waals surface area contributed by atoms with Crippen molar-refractivity contribution in [2.24, 2.45) is 5.41 Å². The van der Waals surface area contributed by atoms with Crippen LogP contribution in [0.4, 0.5) is 0 Å². The molecule has 1 fully saturated rings. The lowest BCUT2D eigenvalue weighted by Gasteiger charge is -2.37. The molecule has 3 heteroatoms. The van der Waals surface area contributed by atoms with Crippen molar-refractivity contribution >= 4 is 0 Å². The predicted octanol–water partition coefficient (Wildman–Crippen LogP) is 1.73.